The number of aromatic nitrogens is 1. The van der Waals surface area contributed by atoms with Gasteiger partial charge in [0, 0.05) is 18.0 Å². The standard InChI is InChI=1S/C20H25N3OS/c1-15(2)24-17-9-7-8-16(14-17)22-19(25)23-20(11-4-5-12-20)18-10-3-6-13-21-18/h3,6-10,13-15H,4-5,11-12H2,1-2H3,(H2,22,23,25). The van der Waals surface area contributed by atoms with Crippen LogP contribution in [0.25, 0.3) is 0 Å². The van der Waals surface area contributed by atoms with Crippen LogP contribution in [0, 0.1) is 0 Å². The number of pyridine rings is 1. The summed E-state index contributed by atoms with van der Waals surface area (Å²) in [5.41, 5.74) is 1.82. The first kappa shape index (κ1) is 17.7. The fourth-order valence-corrected chi connectivity index (χ4v) is 3.68. The SMILES string of the molecule is CC(C)Oc1cccc(NC(=S)NC2(c3ccccn3)CCCC2)c1. The summed E-state index contributed by atoms with van der Waals surface area (Å²) >= 11 is 5.58. The third-order valence-electron chi connectivity index (χ3n) is 4.43. The fourth-order valence-electron chi connectivity index (χ4n) is 3.37. The van der Waals surface area contributed by atoms with Crippen LogP contribution in [0.2, 0.25) is 0 Å². The van der Waals surface area contributed by atoms with Gasteiger partial charge in [-0.1, -0.05) is 25.0 Å². The molecule has 0 atom stereocenters. The average molecular weight is 356 g/mol. The van der Waals surface area contributed by atoms with Crippen molar-refractivity contribution in [2.45, 2.75) is 51.2 Å². The lowest BCUT2D eigenvalue weighted by Gasteiger charge is -2.31. The number of benzene rings is 1. The fraction of sp³-hybridized carbons (Fsp3) is 0.400. The highest BCUT2D eigenvalue weighted by molar-refractivity contribution is 7.80. The number of nitrogens with one attached hydrogen (secondary N) is 2. The Labute approximate surface area is 155 Å². The number of rotatable bonds is 5. The van der Waals surface area contributed by atoms with E-state index in [9.17, 15) is 0 Å². The van der Waals surface area contributed by atoms with Gasteiger partial charge in [0.25, 0.3) is 0 Å². The van der Waals surface area contributed by atoms with Crippen molar-refractivity contribution in [1.29, 1.82) is 0 Å². The number of hydrogen-bond acceptors (Lipinski definition) is 3. The van der Waals surface area contributed by atoms with Crippen LogP contribution < -0.4 is 15.4 Å². The molecular formula is C20H25N3OS. The van der Waals surface area contributed by atoms with Crippen LogP contribution in [-0.2, 0) is 5.54 Å². The predicted molar refractivity (Wildman–Crippen MR) is 106 cm³/mol. The molecule has 2 N–H and O–H groups in total. The van der Waals surface area contributed by atoms with Gasteiger partial charge in [-0.2, -0.15) is 0 Å². The molecule has 1 aromatic heterocycles. The maximum Gasteiger partial charge on any atom is 0.171 e. The van der Waals surface area contributed by atoms with Gasteiger partial charge in [-0.05, 0) is 63.2 Å². The van der Waals surface area contributed by atoms with E-state index >= 15 is 0 Å². The molecule has 0 radical (unpaired) electrons. The van der Waals surface area contributed by atoms with Crippen molar-refractivity contribution in [3.8, 4) is 5.75 Å². The molecule has 0 amide bonds. The lowest BCUT2D eigenvalue weighted by atomic mass is 9.93. The van der Waals surface area contributed by atoms with Crippen LogP contribution in [0.5, 0.6) is 5.75 Å². The quantitative estimate of drug-likeness (QED) is 0.766. The van der Waals surface area contributed by atoms with Crippen molar-refractivity contribution < 1.29 is 4.74 Å². The van der Waals surface area contributed by atoms with Crippen molar-refractivity contribution >= 4 is 23.0 Å². The van der Waals surface area contributed by atoms with Crippen molar-refractivity contribution in [3.63, 3.8) is 0 Å². The van der Waals surface area contributed by atoms with E-state index in [1.807, 2.05) is 56.4 Å². The van der Waals surface area contributed by atoms with Crippen LogP contribution in [0.15, 0.2) is 48.7 Å². The van der Waals surface area contributed by atoms with E-state index < -0.39 is 0 Å². The molecule has 1 saturated carbocycles. The molecule has 1 aromatic carbocycles. The second kappa shape index (κ2) is 7.83. The Bertz CT molecular complexity index is 712. The molecule has 0 aliphatic heterocycles. The minimum atomic E-state index is -0.169. The van der Waals surface area contributed by atoms with E-state index in [1.54, 1.807) is 0 Å². The molecule has 0 saturated heterocycles. The third kappa shape index (κ3) is 4.48. The Kier molecular flexibility index (Phi) is 5.53. The molecular weight excluding hydrogens is 330 g/mol. The summed E-state index contributed by atoms with van der Waals surface area (Å²) in [6.45, 7) is 4.03. The maximum absolute atomic E-state index is 5.75. The molecule has 1 aliphatic carbocycles. The Morgan fingerprint density at radius 2 is 1.96 bits per heavy atom. The zero-order chi connectivity index (χ0) is 17.7. The van der Waals surface area contributed by atoms with Gasteiger partial charge in [0.05, 0.1) is 17.3 Å². The number of nitrogens with zero attached hydrogens (tertiary/aromatic N) is 1. The highest BCUT2D eigenvalue weighted by Gasteiger charge is 2.37. The van der Waals surface area contributed by atoms with Crippen molar-refractivity contribution in [2.24, 2.45) is 0 Å². The summed E-state index contributed by atoms with van der Waals surface area (Å²) in [5.74, 6) is 0.836. The number of ether oxygens (including phenoxy) is 1. The Hall–Kier alpha value is -2.14. The highest BCUT2D eigenvalue weighted by atomic mass is 32.1. The smallest absolute Gasteiger partial charge is 0.171 e. The highest BCUT2D eigenvalue weighted by Crippen LogP contribution is 2.37. The minimum Gasteiger partial charge on any atom is -0.491 e. The first-order valence-corrected chi connectivity index (χ1v) is 9.26. The Balaban J connectivity index is 1.71. The third-order valence-corrected chi connectivity index (χ3v) is 4.63. The van der Waals surface area contributed by atoms with E-state index in [4.69, 9.17) is 17.0 Å². The normalized spacial score (nSPS) is 15.8. The predicted octanol–water partition coefficient (Wildman–Crippen LogP) is 4.62. The van der Waals surface area contributed by atoms with Gasteiger partial charge in [0.15, 0.2) is 5.11 Å². The van der Waals surface area contributed by atoms with Crippen molar-refractivity contribution in [3.05, 3.63) is 54.4 Å². The summed E-state index contributed by atoms with van der Waals surface area (Å²) < 4.78 is 5.75. The monoisotopic (exact) mass is 355 g/mol. The first-order chi connectivity index (χ1) is 12.1. The van der Waals surface area contributed by atoms with Gasteiger partial charge in [-0.3, -0.25) is 4.98 Å². The van der Waals surface area contributed by atoms with E-state index in [1.165, 1.54) is 12.8 Å². The van der Waals surface area contributed by atoms with Crippen LogP contribution in [0.1, 0.15) is 45.2 Å². The first-order valence-electron chi connectivity index (χ1n) is 8.85. The molecule has 3 rings (SSSR count). The molecule has 4 nitrogen and oxygen atoms in total. The zero-order valence-electron chi connectivity index (χ0n) is 14.8. The molecule has 1 fully saturated rings. The second-order valence-corrected chi connectivity index (χ2v) is 7.19. The van der Waals surface area contributed by atoms with Gasteiger partial charge < -0.3 is 15.4 Å². The molecule has 0 bridgehead atoms. The number of hydrogen-bond donors (Lipinski definition) is 2. The summed E-state index contributed by atoms with van der Waals surface area (Å²) in [6, 6.07) is 13.9. The lowest BCUT2D eigenvalue weighted by Crippen LogP contribution is -2.46. The molecule has 0 unspecified atom stereocenters. The summed E-state index contributed by atoms with van der Waals surface area (Å²) in [4.78, 5) is 4.57. The molecule has 5 heteroatoms. The van der Waals surface area contributed by atoms with Gasteiger partial charge in [-0.25, -0.2) is 0 Å². The molecule has 2 aromatic rings. The van der Waals surface area contributed by atoms with Crippen LogP contribution in [0.4, 0.5) is 5.69 Å². The van der Waals surface area contributed by atoms with Gasteiger partial charge in [0.1, 0.15) is 5.75 Å². The Morgan fingerprint density at radius 1 is 1.16 bits per heavy atom. The Morgan fingerprint density at radius 3 is 2.64 bits per heavy atom. The van der Waals surface area contributed by atoms with Crippen LogP contribution in [0.3, 0.4) is 0 Å². The van der Waals surface area contributed by atoms with Crippen molar-refractivity contribution in [1.82, 2.24) is 10.3 Å². The molecule has 132 valence electrons. The van der Waals surface area contributed by atoms with Gasteiger partial charge in [-0.15, -0.1) is 0 Å². The van der Waals surface area contributed by atoms with E-state index in [-0.39, 0.29) is 11.6 Å². The lowest BCUT2D eigenvalue weighted by molar-refractivity contribution is 0.242. The van der Waals surface area contributed by atoms with Crippen LogP contribution in [-0.4, -0.2) is 16.2 Å². The van der Waals surface area contributed by atoms with Crippen LogP contribution >= 0.6 is 12.2 Å². The molecule has 0 spiro atoms. The zero-order valence-corrected chi connectivity index (χ0v) is 15.6. The van der Waals surface area contributed by atoms with Gasteiger partial charge >= 0.3 is 0 Å². The summed E-state index contributed by atoms with van der Waals surface area (Å²) in [7, 11) is 0. The second-order valence-electron chi connectivity index (χ2n) is 6.78. The maximum atomic E-state index is 5.75. The van der Waals surface area contributed by atoms with E-state index in [0.29, 0.717) is 5.11 Å². The summed E-state index contributed by atoms with van der Waals surface area (Å²) in [6.07, 6.45) is 6.45. The molecule has 1 aliphatic rings. The van der Waals surface area contributed by atoms with Crippen molar-refractivity contribution in [2.75, 3.05) is 5.32 Å². The van der Waals surface area contributed by atoms with E-state index in [2.05, 4.69) is 21.7 Å². The van der Waals surface area contributed by atoms with E-state index in [0.717, 1.165) is 30.0 Å². The number of anilines is 1. The largest absolute Gasteiger partial charge is 0.491 e. The molecule has 1 heterocycles. The minimum absolute atomic E-state index is 0.145. The summed E-state index contributed by atoms with van der Waals surface area (Å²) in [5, 5.41) is 7.44. The van der Waals surface area contributed by atoms with Gasteiger partial charge in [0.2, 0.25) is 0 Å². The average Bonchev–Trinajstić information content (AvgIpc) is 3.05. The topological polar surface area (TPSA) is 46.2 Å². The number of thiocarbonyl (C=S) groups is 1. The molecule has 25 heavy (non-hydrogen) atoms.